The average molecular weight is 429 g/mol. The third-order valence-electron chi connectivity index (χ3n) is 7.06. The molecule has 0 saturated carbocycles. The number of benzene rings is 2. The van der Waals surface area contributed by atoms with Gasteiger partial charge in [0.05, 0.1) is 6.20 Å². The van der Waals surface area contributed by atoms with E-state index in [2.05, 4.69) is 75.1 Å². The molecule has 166 valence electrons. The Morgan fingerprint density at radius 3 is 2.34 bits per heavy atom. The third-order valence-corrected chi connectivity index (χ3v) is 7.06. The van der Waals surface area contributed by atoms with Gasteiger partial charge in [-0.3, -0.25) is 4.79 Å². The first-order valence-corrected chi connectivity index (χ1v) is 11.9. The Hall–Kier alpha value is -2.92. The van der Waals surface area contributed by atoms with E-state index in [0.717, 1.165) is 76.5 Å². The first-order chi connectivity index (χ1) is 15.8. The zero-order valence-corrected chi connectivity index (χ0v) is 18.7. The van der Waals surface area contributed by atoms with E-state index in [0.29, 0.717) is 5.92 Å². The van der Waals surface area contributed by atoms with Gasteiger partial charge < -0.3 is 14.4 Å². The lowest BCUT2D eigenvalue weighted by molar-refractivity contribution is 0.0701. The second kappa shape index (κ2) is 9.70. The Bertz CT molecular complexity index is 1020. The number of piperidine rings is 1. The van der Waals surface area contributed by atoms with E-state index in [9.17, 15) is 4.79 Å². The van der Waals surface area contributed by atoms with Crippen LogP contribution in [0.15, 0.2) is 66.9 Å². The molecule has 0 spiro atoms. The van der Waals surface area contributed by atoms with Crippen molar-refractivity contribution in [1.29, 1.82) is 0 Å². The Labute approximate surface area is 190 Å². The van der Waals surface area contributed by atoms with Crippen LogP contribution in [0, 0.1) is 0 Å². The number of amides is 1. The smallest absolute Gasteiger partial charge is 0.272 e. The molecule has 5 heteroatoms. The maximum absolute atomic E-state index is 13.3. The second-order valence-electron chi connectivity index (χ2n) is 9.02. The summed E-state index contributed by atoms with van der Waals surface area (Å²) in [5.41, 5.74) is 3.54. The highest BCUT2D eigenvalue weighted by atomic mass is 16.2. The van der Waals surface area contributed by atoms with Gasteiger partial charge in [-0.2, -0.15) is 0 Å². The van der Waals surface area contributed by atoms with Gasteiger partial charge in [0.25, 0.3) is 5.91 Å². The highest BCUT2D eigenvalue weighted by Crippen LogP contribution is 2.28. The number of likely N-dealkylation sites (tertiary alicyclic amines) is 1. The van der Waals surface area contributed by atoms with Crippen molar-refractivity contribution >= 4 is 5.91 Å². The molecule has 5 rings (SSSR count). The Morgan fingerprint density at radius 2 is 1.59 bits per heavy atom. The molecule has 3 aromatic rings. The summed E-state index contributed by atoms with van der Waals surface area (Å²) >= 11 is 0. The molecule has 0 unspecified atom stereocenters. The van der Waals surface area contributed by atoms with Crippen LogP contribution in [-0.2, 0) is 19.4 Å². The number of hydrogen-bond donors (Lipinski definition) is 0. The molecule has 1 aromatic heterocycles. The van der Waals surface area contributed by atoms with Crippen LogP contribution >= 0.6 is 0 Å². The molecule has 5 nitrogen and oxygen atoms in total. The number of fused-ring (bicyclic) bond motifs is 1. The predicted molar refractivity (Wildman–Crippen MR) is 127 cm³/mol. The quantitative estimate of drug-likeness (QED) is 0.617. The molecule has 3 heterocycles. The number of carbonyl (C=O) groups excluding carboxylic acids is 1. The van der Waals surface area contributed by atoms with Gasteiger partial charge >= 0.3 is 0 Å². The fraction of sp³-hybridized carbons (Fsp3) is 0.407. The standard InChI is InChI=1S/C27H32N4O/c32-27(30-17-12-24(13-18-30)23-9-5-2-6-10-23)25-21-28-26-14-16-29(19-20-31(25)26)15-11-22-7-3-1-4-8-22/h1-10,21,24H,11-20H2. The minimum absolute atomic E-state index is 0.146. The van der Waals surface area contributed by atoms with E-state index in [4.69, 9.17) is 0 Å². The van der Waals surface area contributed by atoms with Gasteiger partial charge in [0.2, 0.25) is 0 Å². The molecule has 0 atom stereocenters. The maximum atomic E-state index is 13.3. The van der Waals surface area contributed by atoms with E-state index in [1.165, 1.54) is 11.1 Å². The van der Waals surface area contributed by atoms with E-state index in [-0.39, 0.29) is 5.91 Å². The molecule has 1 amide bonds. The van der Waals surface area contributed by atoms with Crippen LogP contribution in [0.1, 0.15) is 46.2 Å². The molecule has 2 aliphatic rings. The number of rotatable bonds is 5. The van der Waals surface area contributed by atoms with Crippen LogP contribution in [0.25, 0.3) is 0 Å². The minimum Gasteiger partial charge on any atom is -0.337 e. The average Bonchev–Trinajstić information content (AvgIpc) is 3.16. The molecular weight excluding hydrogens is 396 g/mol. The molecule has 1 saturated heterocycles. The topological polar surface area (TPSA) is 41.4 Å². The largest absolute Gasteiger partial charge is 0.337 e. The lowest BCUT2D eigenvalue weighted by Gasteiger charge is -2.32. The number of imidazole rings is 1. The zero-order chi connectivity index (χ0) is 21.8. The van der Waals surface area contributed by atoms with Gasteiger partial charge in [0.15, 0.2) is 0 Å². The zero-order valence-electron chi connectivity index (χ0n) is 18.7. The van der Waals surface area contributed by atoms with Crippen molar-refractivity contribution in [3.05, 3.63) is 89.5 Å². The summed E-state index contributed by atoms with van der Waals surface area (Å²) in [5.74, 6) is 1.75. The van der Waals surface area contributed by atoms with Crippen LogP contribution in [0.3, 0.4) is 0 Å². The number of hydrogen-bond acceptors (Lipinski definition) is 3. The van der Waals surface area contributed by atoms with E-state index in [1.807, 2.05) is 4.90 Å². The lowest BCUT2D eigenvalue weighted by Crippen LogP contribution is -2.39. The van der Waals surface area contributed by atoms with Crippen molar-refractivity contribution in [1.82, 2.24) is 19.4 Å². The van der Waals surface area contributed by atoms with Gasteiger partial charge in [-0.05, 0) is 36.3 Å². The fourth-order valence-electron chi connectivity index (χ4n) is 5.10. The summed E-state index contributed by atoms with van der Waals surface area (Å²) in [6.07, 6.45) is 5.83. The highest BCUT2D eigenvalue weighted by molar-refractivity contribution is 5.92. The van der Waals surface area contributed by atoms with Crippen molar-refractivity contribution in [2.45, 2.75) is 38.1 Å². The van der Waals surface area contributed by atoms with Gasteiger partial charge in [-0.1, -0.05) is 60.7 Å². The Balaban J connectivity index is 1.18. The molecule has 0 N–H and O–H groups in total. The highest BCUT2D eigenvalue weighted by Gasteiger charge is 2.28. The molecule has 0 bridgehead atoms. The molecule has 2 aromatic carbocycles. The first kappa shape index (κ1) is 21.0. The summed E-state index contributed by atoms with van der Waals surface area (Å²) in [7, 11) is 0. The number of carbonyl (C=O) groups is 1. The van der Waals surface area contributed by atoms with Crippen LogP contribution < -0.4 is 0 Å². The van der Waals surface area contributed by atoms with Crippen LogP contribution in [-0.4, -0.2) is 58.0 Å². The van der Waals surface area contributed by atoms with E-state index >= 15 is 0 Å². The van der Waals surface area contributed by atoms with Crippen molar-refractivity contribution in [3.8, 4) is 0 Å². The summed E-state index contributed by atoms with van der Waals surface area (Å²) in [5, 5.41) is 0. The van der Waals surface area contributed by atoms with Gasteiger partial charge in [0.1, 0.15) is 11.5 Å². The van der Waals surface area contributed by atoms with Crippen molar-refractivity contribution in [3.63, 3.8) is 0 Å². The van der Waals surface area contributed by atoms with Gasteiger partial charge in [-0.25, -0.2) is 4.98 Å². The van der Waals surface area contributed by atoms with Gasteiger partial charge in [-0.15, -0.1) is 0 Å². The SMILES string of the molecule is O=C(c1cnc2n1CCN(CCc1ccccc1)CC2)N1CCC(c2ccccc2)CC1. The summed E-state index contributed by atoms with van der Waals surface area (Å²) in [6.45, 7) is 5.49. The van der Waals surface area contributed by atoms with Crippen molar-refractivity contribution in [2.24, 2.45) is 0 Å². The van der Waals surface area contributed by atoms with Crippen LogP contribution in [0.2, 0.25) is 0 Å². The normalized spacial score (nSPS) is 17.7. The molecular formula is C27H32N4O. The molecule has 32 heavy (non-hydrogen) atoms. The van der Waals surface area contributed by atoms with Gasteiger partial charge in [0, 0.05) is 45.7 Å². The lowest BCUT2D eigenvalue weighted by atomic mass is 9.89. The fourth-order valence-corrected chi connectivity index (χ4v) is 5.10. The second-order valence-corrected chi connectivity index (χ2v) is 9.02. The van der Waals surface area contributed by atoms with Crippen molar-refractivity contribution in [2.75, 3.05) is 32.7 Å². The van der Waals surface area contributed by atoms with Crippen LogP contribution in [0.4, 0.5) is 0 Å². The number of aromatic nitrogens is 2. The first-order valence-electron chi connectivity index (χ1n) is 11.9. The summed E-state index contributed by atoms with van der Waals surface area (Å²) in [4.78, 5) is 22.5. The van der Waals surface area contributed by atoms with Crippen molar-refractivity contribution < 1.29 is 4.79 Å². The predicted octanol–water partition coefficient (Wildman–Crippen LogP) is 4.00. The van der Waals surface area contributed by atoms with Crippen LogP contribution in [0.5, 0.6) is 0 Å². The molecule has 0 radical (unpaired) electrons. The Morgan fingerprint density at radius 1 is 0.875 bits per heavy atom. The molecule has 1 fully saturated rings. The summed E-state index contributed by atoms with van der Waals surface area (Å²) in [6, 6.07) is 21.4. The molecule has 0 aliphatic carbocycles. The third kappa shape index (κ3) is 4.63. The minimum atomic E-state index is 0.146. The maximum Gasteiger partial charge on any atom is 0.272 e. The van der Waals surface area contributed by atoms with E-state index in [1.54, 1.807) is 6.20 Å². The summed E-state index contributed by atoms with van der Waals surface area (Å²) < 4.78 is 2.17. The Kier molecular flexibility index (Phi) is 6.35. The number of nitrogens with zero attached hydrogens (tertiary/aromatic N) is 4. The van der Waals surface area contributed by atoms with E-state index < -0.39 is 0 Å². The monoisotopic (exact) mass is 428 g/mol. The molecule has 2 aliphatic heterocycles.